The van der Waals surface area contributed by atoms with Gasteiger partial charge in [-0.05, 0) is 35.0 Å². The molecule has 0 fully saturated rings. The molecule has 120 valence electrons. The van der Waals surface area contributed by atoms with Gasteiger partial charge < -0.3 is 4.90 Å². The van der Waals surface area contributed by atoms with E-state index in [0.29, 0.717) is 0 Å². The highest BCUT2D eigenvalue weighted by molar-refractivity contribution is 5.94. The van der Waals surface area contributed by atoms with Gasteiger partial charge in [0, 0.05) is 18.7 Å². The van der Waals surface area contributed by atoms with Crippen molar-refractivity contribution in [1.82, 2.24) is 4.90 Å². The number of rotatable bonds is 1. The van der Waals surface area contributed by atoms with E-state index in [1.165, 1.54) is 11.1 Å². The van der Waals surface area contributed by atoms with Gasteiger partial charge in [-0.1, -0.05) is 65.3 Å². The number of carbonyl (C=O) groups excluding carboxylic acids is 1. The van der Waals surface area contributed by atoms with Crippen LogP contribution in [-0.4, -0.2) is 23.9 Å². The SMILES string of the molecule is CC(C)(C)C1=C(C(C)(C)C)CN(C(=O)c2ccccc2)CC1. The Balaban J connectivity index is 2.32. The van der Waals surface area contributed by atoms with Gasteiger partial charge in [-0.15, -0.1) is 0 Å². The van der Waals surface area contributed by atoms with E-state index in [1.54, 1.807) is 0 Å². The zero-order valence-corrected chi connectivity index (χ0v) is 14.9. The maximum Gasteiger partial charge on any atom is 0.254 e. The molecule has 0 saturated carbocycles. The van der Waals surface area contributed by atoms with Crippen molar-refractivity contribution in [3.05, 3.63) is 47.0 Å². The van der Waals surface area contributed by atoms with Crippen LogP contribution in [0.2, 0.25) is 0 Å². The van der Waals surface area contributed by atoms with Gasteiger partial charge in [0.05, 0.1) is 0 Å². The Bertz CT molecular complexity index is 570. The van der Waals surface area contributed by atoms with Crippen LogP contribution in [0.25, 0.3) is 0 Å². The molecule has 0 saturated heterocycles. The summed E-state index contributed by atoms with van der Waals surface area (Å²) in [6.07, 6.45) is 0.981. The number of nitrogens with zero attached hydrogens (tertiary/aromatic N) is 1. The number of amides is 1. The molecule has 0 aromatic heterocycles. The summed E-state index contributed by atoms with van der Waals surface area (Å²) in [6.45, 7) is 15.2. The van der Waals surface area contributed by atoms with Gasteiger partial charge in [-0.2, -0.15) is 0 Å². The maximum atomic E-state index is 12.7. The van der Waals surface area contributed by atoms with E-state index >= 15 is 0 Å². The van der Waals surface area contributed by atoms with Gasteiger partial charge >= 0.3 is 0 Å². The summed E-state index contributed by atoms with van der Waals surface area (Å²) in [7, 11) is 0. The van der Waals surface area contributed by atoms with Crippen molar-refractivity contribution in [3.63, 3.8) is 0 Å². The second-order valence-electron chi connectivity index (χ2n) is 8.30. The molecule has 22 heavy (non-hydrogen) atoms. The molecule has 2 rings (SSSR count). The van der Waals surface area contributed by atoms with E-state index < -0.39 is 0 Å². The van der Waals surface area contributed by atoms with Crippen LogP contribution in [0.15, 0.2) is 41.5 Å². The molecule has 0 N–H and O–H groups in total. The number of benzene rings is 1. The summed E-state index contributed by atoms with van der Waals surface area (Å²) >= 11 is 0. The second-order valence-corrected chi connectivity index (χ2v) is 8.30. The van der Waals surface area contributed by atoms with Crippen LogP contribution in [0.1, 0.15) is 58.3 Å². The van der Waals surface area contributed by atoms with E-state index in [0.717, 1.165) is 25.1 Å². The van der Waals surface area contributed by atoms with E-state index in [-0.39, 0.29) is 16.7 Å². The summed E-state index contributed by atoms with van der Waals surface area (Å²) in [5.74, 6) is 0.148. The van der Waals surface area contributed by atoms with Crippen LogP contribution in [-0.2, 0) is 0 Å². The third-order valence-corrected chi connectivity index (χ3v) is 4.46. The lowest BCUT2D eigenvalue weighted by Gasteiger charge is -2.41. The zero-order chi connectivity index (χ0) is 16.5. The molecule has 1 aromatic rings. The zero-order valence-electron chi connectivity index (χ0n) is 14.9. The Labute approximate surface area is 135 Å². The molecule has 0 bridgehead atoms. The molecular weight excluding hydrogens is 270 g/mol. The van der Waals surface area contributed by atoms with Crippen LogP contribution < -0.4 is 0 Å². The van der Waals surface area contributed by atoms with Crippen molar-refractivity contribution >= 4 is 5.91 Å². The van der Waals surface area contributed by atoms with E-state index in [4.69, 9.17) is 0 Å². The fourth-order valence-electron chi connectivity index (χ4n) is 3.22. The Kier molecular flexibility index (Phi) is 4.51. The lowest BCUT2D eigenvalue weighted by atomic mass is 9.72. The van der Waals surface area contributed by atoms with Crippen molar-refractivity contribution in [1.29, 1.82) is 0 Å². The molecule has 0 atom stereocenters. The highest BCUT2D eigenvalue weighted by Crippen LogP contribution is 2.41. The normalized spacial score (nSPS) is 16.9. The van der Waals surface area contributed by atoms with E-state index in [2.05, 4.69) is 41.5 Å². The minimum absolute atomic E-state index is 0.0955. The predicted molar refractivity (Wildman–Crippen MR) is 92.9 cm³/mol. The van der Waals surface area contributed by atoms with Crippen LogP contribution in [0, 0.1) is 10.8 Å². The van der Waals surface area contributed by atoms with Crippen molar-refractivity contribution in [2.24, 2.45) is 10.8 Å². The lowest BCUT2D eigenvalue weighted by Crippen LogP contribution is -2.41. The Hall–Kier alpha value is -1.57. The fraction of sp³-hybridized carbons (Fsp3) is 0.550. The van der Waals surface area contributed by atoms with Crippen LogP contribution >= 0.6 is 0 Å². The smallest absolute Gasteiger partial charge is 0.254 e. The molecule has 0 spiro atoms. The first-order chi connectivity index (χ1) is 10.1. The molecule has 1 heterocycles. The standard InChI is InChI=1S/C20H29NO/c1-19(2,3)16-12-13-21(14-17(16)20(4,5)6)18(22)15-10-8-7-9-11-15/h7-11H,12-14H2,1-6H3. The quantitative estimate of drug-likeness (QED) is 0.674. The van der Waals surface area contributed by atoms with Gasteiger partial charge in [0.25, 0.3) is 5.91 Å². The lowest BCUT2D eigenvalue weighted by molar-refractivity contribution is 0.0749. The molecule has 0 aliphatic carbocycles. The molecule has 1 amide bonds. The minimum Gasteiger partial charge on any atom is -0.334 e. The largest absolute Gasteiger partial charge is 0.334 e. The van der Waals surface area contributed by atoms with Crippen molar-refractivity contribution in [3.8, 4) is 0 Å². The predicted octanol–water partition coefficient (Wildman–Crippen LogP) is 4.92. The van der Waals surface area contributed by atoms with Gasteiger partial charge in [-0.25, -0.2) is 0 Å². The highest BCUT2D eigenvalue weighted by atomic mass is 16.2. The van der Waals surface area contributed by atoms with Gasteiger partial charge in [0.1, 0.15) is 0 Å². The molecule has 2 nitrogen and oxygen atoms in total. The number of hydrogen-bond donors (Lipinski definition) is 0. The number of hydrogen-bond acceptors (Lipinski definition) is 1. The molecular formula is C20H29NO. The topological polar surface area (TPSA) is 20.3 Å². The first kappa shape index (κ1) is 16.8. The summed E-state index contributed by atoms with van der Waals surface area (Å²) < 4.78 is 0. The summed E-state index contributed by atoms with van der Waals surface area (Å²) in [6, 6.07) is 9.62. The summed E-state index contributed by atoms with van der Waals surface area (Å²) in [5, 5.41) is 0. The average Bonchev–Trinajstić information content (AvgIpc) is 2.45. The van der Waals surface area contributed by atoms with E-state index in [1.807, 2.05) is 35.2 Å². The Morgan fingerprint density at radius 2 is 1.45 bits per heavy atom. The van der Waals surface area contributed by atoms with Crippen LogP contribution in [0.3, 0.4) is 0 Å². The van der Waals surface area contributed by atoms with Crippen molar-refractivity contribution in [2.45, 2.75) is 48.0 Å². The van der Waals surface area contributed by atoms with Gasteiger partial charge in [0.2, 0.25) is 0 Å². The molecule has 0 unspecified atom stereocenters. The molecule has 2 heteroatoms. The summed E-state index contributed by atoms with van der Waals surface area (Å²) in [4.78, 5) is 14.7. The molecule has 1 aromatic carbocycles. The maximum absolute atomic E-state index is 12.7. The fourth-order valence-corrected chi connectivity index (χ4v) is 3.22. The first-order valence-electron chi connectivity index (χ1n) is 8.18. The average molecular weight is 299 g/mol. The monoisotopic (exact) mass is 299 g/mol. The first-order valence-corrected chi connectivity index (χ1v) is 8.18. The van der Waals surface area contributed by atoms with Crippen LogP contribution in [0.4, 0.5) is 0 Å². The van der Waals surface area contributed by atoms with Crippen molar-refractivity contribution < 1.29 is 4.79 Å². The highest BCUT2D eigenvalue weighted by Gasteiger charge is 2.33. The van der Waals surface area contributed by atoms with Crippen LogP contribution in [0.5, 0.6) is 0 Å². The minimum atomic E-state index is 0.0955. The van der Waals surface area contributed by atoms with Crippen molar-refractivity contribution in [2.75, 3.05) is 13.1 Å². The second kappa shape index (κ2) is 5.91. The third kappa shape index (κ3) is 3.60. The molecule has 1 aliphatic heterocycles. The number of carbonyl (C=O) groups is 1. The van der Waals surface area contributed by atoms with Gasteiger partial charge in [-0.3, -0.25) is 4.79 Å². The third-order valence-electron chi connectivity index (χ3n) is 4.46. The Morgan fingerprint density at radius 1 is 0.909 bits per heavy atom. The van der Waals surface area contributed by atoms with E-state index in [9.17, 15) is 4.79 Å². The summed E-state index contributed by atoms with van der Waals surface area (Å²) in [5.41, 5.74) is 4.01. The molecule has 1 aliphatic rings. The molecule has 0 radical (unpaired) electrons. The Morgan fingerprint density at radius 3 is 1.95 bits per heavy atom. The van der Waals surface area contributed by atoms with Gasteiger partial charge in [0.15, 0.2) is 0 Å².